The van der Waals surface area contributed by atoms with E-state index in [2.05, 4.69) is 30.5 Å². The van der Waals surface area contributed by atoms with Crippen LogP contribution < -0.4 is 10.9 Å². The van der Waals surface area contributed by atoms with E-state index in [1.807, 2.05) is 23.6 Å². The van der Waals surface area contributed by atoms with Crippen molar-refractivity contribution in [2.45, 2.75) is 12.8 Å². The van der Waals surface area contributed by atoms with E-state index in [-0.39, 0.29) is 17.9 Å². The van der Waals surface area contributed by atoms with E-state index in [0.29, 0.717) is 40.5 Å². The number of thiophene rings is 1. The van der Waals surface area contributed by atoms with Crippen molar-refractivity contribution in [1.82, 2.24) is 29.9 Å². The van der Waals surface area contributed by atoms with Crippen LogP contribution in [0.3, 0.4) is 0 Å². The minimum absolute atomic E-state index is 0.165. The van der Waals surface area contributed by atoms with Gasteiger partial charge in [0.2, 0.25) is 17.6 Å². The molecule has 0 aliphatic heterocycles. The molecule has 0 aliphatic carbocycles. The average molecular weight is 433 g/mol. The first-order valence-corrected chi connectivity index (χ1v) is 10.2. The van der Waals surface area contributed by atoms with Crippen LogP contribution >= 0.6 is 11.3 Å². The smallest absolute Gasteiger partial charge is 0.261 e. The molecule has 0 saturated carbocycles. The number of hydrogen-bond donors (Lipinski definition) is 2. The van der Waals surface area contributed by atoms with Gasteiger partial charge in [0.1, 0.15) is 5.39 Å². The SMILES string of the molecule is O=C(CCc1nc(-c2cccs2)no1)Nc1ccccc1-n1ncc2c(=O)[nH]cnc21. The third-order valence-corrected chi connectivity index (χ3v) is 5.42. The molecular weight excluding hydrogens is 418 g/mol. The summed E-state index contributed by atoms with van der Waals surface area (Å²) in [6, 6.07) is 11.0. The zero-order valence-electron chi connectivity index (χ0n) is 16.0. The van der Waals surface area contributed by atoms with E-state index in [0.717, 1.165) is 4.88 Å². The first-order chi connectivity index (χ1) is 15.2. The van der Waals surface area contributed by atoms with Crippen molar-refractivity contribution < 1.29 is 9.32 Å². The van der Waals surface area contributed by atoms with Crippen LogP contribution in [0.5, 0.6) is 0 Å². The predicted octanol–water partition coefficient (Wildman–Crippen LogP) is 2.79. The van der Waals surface area contributed by atoms with Crippen molar-refractivity contribution in [3.05, 3.63) is 70.5 Å². The highest BCUT2D eigenvalue weighted by Gasteiger charge is 2.15. The highest BCUT2D eigenvalue weighted by Crippen LogP contribution is 2.23. The number of amides is 1. The van der Waals surface area contributed by atoms with Gasteiger partial charge in [-0.1, -0.05) is 23.4 Å². The molecule has 11 heteroatoms. The molecule has 31 heavy (non-hydrogen) atoms. The Morgan fingerprint density at radius 2 is 2.13 bits per heavy atom. The fourth-order valence-electron chi connectivity index (χ4n) is 3.09. The number of carbonyl (C=O) groups is 1. The van der Waals surface area contributed by atoms with Crippen molar-refractivity contribution in [1.29, 1.82) is 0 Å². The van der Waals surface area contributed by atoms with E-state index in [4.69, 9.17) is 4.52 Å². The zero-order chi connectivity index (χ0) is 21.2. The van der Waals surface area contributed by atoms with Gasteiger partial charge < -0.3 is 14.8 Å². The quantitative estimate of drug-likeness (QED) is 0.421. The van der Waals surface area contributed by atoms with Crippen LogP contribution in [-0.2, 0) is 11.2 Å². The molecule has 0 spiro atoms. The number of nitrogens with one attached hydrogen (secondary N) is 2. The fourth-order valence-corrected chi connectivity index (χ4v) is 3.74. The van der Waals surface area contributed by atoms with Crippen LogP contribution in [0.1, 0.15) is 12.3 Å². The highest BCUT2D eigenvalue weighted by molar-refractivity contribution is 7.13. The van der Waals surface area contributed by atoms with Gasteiger partial charge >= 0.3 is 0 Å². The van der Waals surface area contributed by atoms with Gasteiger partial charge in [-0.25, -0.2) is 9.67 Å². The van der Waals surface area contributed by atoms with E-state index in [9.17, 15) is 9.59 Å². The Labute approximate surface area is 178 Å². The van der Waals surface area contributed by atoms with Crippen LogP contribution in [0.15, 0.2) is 63.6 Å². The molecule has 0 aliphatic rings. The molecule has 0 atom stereocenters. The number of rotatable bonds is 6. The Morgan fingerprint density at radius 1 is 1.23 bits per heavy atom. The summed E-state index contributed by atoms with van der Waals surface area (Å²) in [5, 5.41) is 13.4. The second-order valence-corrected chi connectivity index (χ2v) is 7.53. The second kappa shape index (κ2) is 7.95. The van der Waals surface area contributed by atoms with Crippen LogP contribution in [0, 0.1) is 0 Å². The maximum absolute atomic E-state index is 12.6. The molecule has 4 aromatic heterocycles. The van der Waals surface area contributed by atoms with E-state index in [1.165, 1.54) is 28.5 Å². The number of aromatic amines is 1. The lowest BCUT2D eigenvalue weighted by atomic mass is 10.2. The zero-order valence-corrected chi connectivity index (χ0v) is 16.8. The summed E-state index contributed by atoms with van der Waals surface area (Å²) in [5.41, 5.74) is 1.27. The molecule has 1 aromatic carbocycles. The molecule has 1 amide bonds. The van der Waals surface area contributed by atoms with Crippen molar-refractivity contribution in [3.8, 4) is 16.4 Å². The van der Waals surface area contributed by atoms with Crippen molar-refractivity contribution >= 4 is 34.0 Å². The summed E-state index contributed by atoms with van der Waals surface area (Å²) >= 11 is 1.52. The van der Waals surface area contributed by atoms with Gasteiger partial charge in [0.25, 0.3) is 5.56 Å². The minimum atomic E-state index is -0.278. The highest BCUT2D eigenvalue weighted by atomic mass is 32.1. The molecule has 2 N–H and O–H groups in total. The monoisotopic (exact) mass is 433 g/mol. The first-order valence-electron chi connectivity index (χ1n) is 9.36. The number of aromatic nitrogens is 6. The Balaban J connectivity index is 1.32. The lowest BCUT2D eigenvalue weighted by Crippen LogP contribution is -2.15. The molecule has 154 valence electrons. The number of anilines is 1. The van der Waals surface area contributed by atoms with Gasteiger partial charge in [0.15, 0.2) is 5.65 Å². The molecule has 4 heterocycles. The van der Waals surface area contributed by atoms with E-state index < -0.39 is 0 Å². The van der Waals surface area contributed by atoms with Crippen LogP contribution in [0.25, 0.3) is 27.4 Å². The topological polar surface area (TPSA) is 132 Å². The molecule has 0 bridgehead atoms. The Hall–Kier alpha value is -4.12. The maximum atomic E-state index is 12.6. The van der Waals surface area contributed by atoms with Gasteiger partial charge in [0.05, 0.1) is 28.8 Å². The van der Waals surface area contributed by atoms with Crippen molar-refractivity contribution in [2.24, 2.45) is 0 Å². The summed E-state index contributed by atoms with van der Waals surface area (Å²) in [6.45, 7) is 0. The molecule has 0 radical (unpaired) electrons. The largest absolute Gasteiger partial charge is 0.339 e. The van der Waals surface area contributed by atoms with Crippen molar-refractivity contribution in [2.75, 3.05) is 5.32 Å². The Morgan fingerprint density at radius 3 is 3.00 bits per heavy atom. The fraction of sp³-hybridized carbons (Fsp3) is 0.100. The minimum Gasteiger partial charge on any atom is -0.339 e. The third kappa shape index (κ3) is 3.73. The lowest BCUT2D eigenvalue weighted by Gasteiger charge is -2.11. The van der Waals surface area contributed by atoms with Crippen molar-refractivity contribution in [3.63, 3.8) is 0 Å². The number of aryl methyl sites for hydroxylation is 1. The molecule has 5 aromatic rings. The average Bonchev–Trinajstić information content (AvgIpc) is 3.53. The van der Waals surface area contributed by atoms with Gasteiger partial charge in [-0.3, -0.25) is 9.59 Å². The second-order valence-electron chi connectivity index (χ2n) is 6.58. The molecule has 0 fully saturated rings. The first kappa shape index (κ1) is 18.9. The summed E-state index contributed by atoms with van der Waals surface area (Å²) < 4.78 is 6.76. The normalized spacial score (nSPS) is 11.1. The van der Waals surface area contributed by atoms with Crippen LogP contribution in [0.4, 0.5) is 5.69 Å². The number of H-pyrrole nitrogens is 1. The Kier molecular flexibility index (Phi) is 4.84. The number of para-hydroxylation sites is 2. The van der Waals surface area contributed by atoms with Gasteiger partial charge in [-0.15, -0.1) is 11.3 Å². The van der Waals surface area contributed by atoms with Crippen LogP contribution in [-0.4, -0.2) is 35.8 Å². The van der Waals surface area contributed by atoms with Gasteiger partial charge in [-0.2, -0.15) is 10.1 Å². The molecular formula is C20H15N7O3S. The number of hydrogen-bond acceptors (Lipinski definition) is 8. The summed E-state index contributed by atoms with van der Waals surface area (Å²) in [7, 11) is 0. The summed E-state index contributed by atoms with van der Waals surface area (Å²) in [4.78, 5) is 36.5. The van der Waals surface area contributed by atoms with E-state index in [1.54, 1.807) is 18.2 Å². The molecule has 0 saturated heterocycles. The van der Waals surface area contributed by atoms with Crippen LogP contribution in [0.2, 0.25) is 0 Å². The number of carbonyl (C=O) groups excluding carboxylic acids is 1. The number of fused-ring (bicyclic) bond motifs is 1. The number of benzene rings is 1. The summed E-state index contributed by atoms with van der Waals surface area (Å²) in [5.74, 6) is 0.697. The third-order valence-electron chi connectivity index (χ3n) is 4.55. The molecule has 10 nitrogen and oxygen atoms in total. The van der Waals surface area contributed by atoms with Gasteiger partial charge in [0, 0.05) is 12.8 Å². The van der Waals surface area contributed by atoms with E-state index >= 15 is 0 Å². The molecule has 5 rings (SSSR count). The molecule has 0 unspecified atom stereocenters. The van der Waals surface area contributed by atoms with Gasteiger partial charge in [-0.05, 0) is 23.6 Å². The maximum Gasteiger partial charge on any atom is 0.261 e. The number of nitrogens with zero attached hydrogens (tertiary/aromatic N) is 5. The Bertz CT molecular complexity index is 1420. The summed E-state index contributed by atoms with van der Waals surface area (Å²) in [6.07, 6.45) is 3.24. The lowest BCUT2D eigenvalue weighted by molar-refractivity contribution is -0.116. The standard InChI is InChI=1S/C20H15N7O3S/c28-16(7-8-17-25-18(26-30-17)15-6-3-9-31-15)24-13-4-1-2-5-14(13)27-19-12(10-23-27)20(29)22-11-21-19/h1-6,9-11H,7-8H2,(H,24,28)(H,21,22,29). The predicted molar refractivity (Wildman–Crippen MR) is 114 cm³/mol.